The van der Waals surface area contributed by atoms with E-state index in [2.05, 4.69) is 15.9 Å². The van der Waals surface area contributed by atoms with Crippen molar-refractivity contribution in [2.75, 3.05) is 6.61 Å². The summed E-state index contributed by atoms with van der Waals surface area (Å²) in [6, 6.07) is 13.4. The van der Waals surface area contributed by atoms with Gasteiger partial charge >= 0.3 is 0 Å². The summed E-state index contributed by atoms with van der Waals surface area (Å²) in [5.74, 6) is 0.847. The van der Waals surface area contributed by atoms with E-state index < -0.39 is 0 Å². The van der Waals surface area contributed by atoms with Gasteiger partial charge in [0.05, 0.1) is 12.0 Å². The summed E-state index contributed by atoms with van der Waals surface area (Å²) in [6.45, 7) is 2.62. The largest absolute Gasteiger partial charge is 0.494 e. The third-order valence-electron chi connectivity index (χ3n) is 2.71. The Morgan fingerprint density at radius 3 is 2.47 bits per heavy atom. The predicted molar refractivity (Wildman–Crippen MR) is 84.5 cm³/mol. The Morgan fingerprint density at radius 2 is 1.84 bits per heavy atom. The van der Waals surface area contributed by atoms with Crippen LogP contribution < -0.4 is 4.74 Å². The molecular weight excluding hydrogens is 347 g/mol. The number of rotatable bonds is 4. The Morgan fingerprint density at radius 1 is 1.16 bits per heavy atom. The van der Waals surface area contributed by atoms with Crippen molar-refractivity contribution in [1.29, 1.82) is 0 Å². The van der Waals surface area contributed by atoms with E-state index in [1.807, 2.05) is 49.4 Å². The van der Waals surface area contributed by atoms with Crippen molar-refractivity contribution in [3.63, 3.8) is 0 Å². The number of ether oxygens (including phenoxy) is 1. The van der Waals surface area contributed by atoms with Gasteiger partial charge in [-0.3, -0.25) is 0 Å². The third-order valence-corrected chi connectivity index (χ3v) is 4.16. The second-order valence-electron chi connectivity index (χ2n) is 4.03. The van der Waals surface area contributed by atoms with Crippen LogP contribution in [0.1, 0.15) is 23.4 Å². The normalized spacial score (nSPS) is 12.2. The Kier molecular flexibility index (Phi) is 5.14. The lowest BCUT2D eigenvalue weighted by Crippen LogP contribution is -1.96. The van der Waals surface area contributed by atoms with Gasteiger partial charge in [-0.25, -0.2) is 0 Å². The molecule has 0 heterocycles. The van der Waals surface area contributed by atoms with Gasteiger partial charge in [0.25, 0.3) is 0 Å². The molecule has 4 heteroatoms. The second kappa shape index (κ2) is 6.65. The molecule has 0 spiro atoms. The lowest BCUT2D eigenvalue weighted by atomic mass is 10.0. The van der Waals surface area contributed by atoms with Gasteiger partial charge in [-0.05, 0) is 48.4 Å². The van der Waals surface area contributed by atoms with E-state index in [1.165, 1.54) is 0 Å². The monoisotopic (exact) mass is 358 g/mol. The van der Waals surface area contributed by atoms with Crippen molar-refractivity contribution in [1.82, 2.24) is 0 Å². The minimum Gasteiger partial charge on any atom is -0.494 e. The van der Waals surface area contributed by atoms with Crippen LogP contribution in [0.25, 0.3) is 0 Å². The first kappa shape index (κ1) is 14.7. The van der Waals surface area contributed by atoms with Gasteiger partial charge in [-0.2, -0.15) is 0 Å². The second-order valence-corrected chi connectivity index (χ2v) is 5.76. The van der Waals surface area contributed by atoms with Crippen LogP contribution in [-0.4, -0.2) is 6.61 Å². The van der Waals surface area contributed by atoms with Crippen molar-refractivity contribution in [3.05, 3.63) is 63.1 Å². The minimum atomic E-state index is -0.247. The zero-order valence-electron chi connectivity index (χ0n) is 10.4. The quantitative estimate of drug-likeness (QED) is 0.624. The highest BCUT2D eigenvalue weighted by atomic mass is 79.9. The predicted octanol–water partition coefficient (Wildman–Crippen LogP) is 5.83. The highest BCUT2D eigenvalue weighted by Crippen LogP contribution is 2.35. The lowest BCUT2D eigenvalue weighted by molar-refractivity contribution is 0.340. The fraction of sp³-hybridized carbons (Fsp3) is 0.200. The molecule has 0 aliphatic heterocycles. The van der Waals surface area contributed by atoms with Gasteiger partial charge in [-0.15, -0.1) is 11.6 Å². The smallest absolute Gasteiger partial charge is 0.119 e. The third kappa shape index (κ3) is 3.65. The first-order chi connectivity index (χ1) is 9.11. The molecule has 0 bridgehead atoms. The van der Waals surface area contributed by atoms with Crippen LogP contribution in [0.5, 0.6) is 5.75 Å². The number of benzene rings is 2. The molecule has 0 amide bonds. The molecule has 0 aromatic heterocycles. The fourth-order valence-electron chi connectivity index (χ4n) is 1.79. The van der Waals surface area contributed by atoms with Gasteiger partial charge in [0.1, 0.15) is 5.75 Å². The summed E-state index contributed by atoms with van der Waals surface area (Å²) in [7, 11) is 0. The molecule has 2 aromatic carbocycles. The summed E-state index contributed by atoms with van der Waals surface area (Å²) in [4.78, 5) is 0. The Hall–Kier alpha value is -0.700. The topological polar surface area (TPSA) is 9.23 Å². The molecule has 0 aliphatic carbocycles. The van der Waals surface area contributed by atoms with E-state index in [4.69, 9.17) is 27.9 Å². The van der Waals surface area contributed by atoms with Gasteiger partial charge in [0.15, 0.2) is 0 Å². The Balaban J connectivity index is 2.27. The standard InChI is InChI=1S/C15H13BrCl2O/c1-2-19-12-6-3-10(4-7-12)15(18)13-9-11(17)5-8-14(13)16/h3-9,15H,2H2,1H3. The highest BCUT2D eigenvalue weighted by molar-refractivity contribution is 9.10. The molecule has 1 unspecified atom stereocenters. The number of hydrogen-bond donors (Lipinski definition) is 0. The Labute approximate surface area is 131 Å². The summed E-state index contributed by atoms with van der Waals surface area (Å²) < 4.78 is 6.37. The zero-order chi connectivity index (χ0) is 13.8. The van der Waals surface area contributed by atoms with Gasteiger partial charge in [-0.1, -0.05) is 39.7 Å². The summed E-state index contributed by atoms with van der Waals surface area (Å²) in [5.41, 5.74) is 1.96. The average molecular weight is 360 g/mol. The molecule has 0 radical (unpaired) electrons. The van der Waals surface area contributed by atoms with E-state index in [0.29, 0.717) is 11.6 Å². The summed E-state index contributed by atoms with van der Waals surface area (Å²) in [6.07, 6.45) is 0. The Bertz CT molecular complexity index is 555. The SMILES string of the molecule is CCOc1ccc(C(Cl)c2cc(Cl)ccc2Br)cc1. The van der Waals surface area contributed by atoms with Crippen LogP contribution in [0.4, 0.5) is 0 Å². The fourth-order valence-corrected chi connectivity index (χ4v) is 2.90. The lowest BCUT2D eigenvalue weighted by Gasteiger charge is -2.13. The molecule has 1 atom stereocenters. The summed E-state index contributed by atoms with van der Waals surface area (Å²) >= 11 is 16.0. The van der Waals surface area contributed by atoms with Gasteiger partial charge < -0.3 is 4.74 Å². The van der Waals surface area contributed by atoms with Crippen molar-refractivity contribution in [2.24, 2.45) is 0 Å². The molecule has 19 heavy (non-hydrogen) atoms. The zero-order valence-corrected chi connectivity index (χ0v) is 13.5. The molecule has 1 nitrogen and oxygen atoms in total. The molecule has 100 valence electrons. The maximum Gasteiger partial charge on any atom is 0.119 e. The molecule has 0 fully saturated rings. The van der Waals surface area contributed by atoms with Gasteiger partial charge in [0, 0.05) is 9.50 Å². The number of alkyl halides is 1. The number of hydrogen-bond acceptors (Lipinski definition) is 1. The molecule has 0 saturated heterocycles. The van der Waals surface area contributed by atoms with Crippen molar-refractivity contribution in [2.45, 2.75) is 12.3 Å². The molecule has 0 aliphatic rings. The summed E-state index contributed by atoms with van der Waals surface area (Å²) in [5, 5.41) is 0.429. The first-order valence-electron chi connectivity index (χ1n) is 5.93. The van der Waals surface area contributed by atoms with E-state index >= 15 is 0 Å². The molecule has 0 N–H and O–H groups in total. The minimum absolute atomic E-state index is 0.247. The van der Waals surface area contributed by atoms with Crippen LogP contribution in [0.2, 0.25) is 5.02 Å². The van der Waals surface area contributed by atoms with Crippen molar-refractivity contribution < 1.29 is 4.74 Å². The van der Waals surface area contributed by atoms with Crippen LogP contribution in [0.15, 0.2) is 46.9 Å². The molecule has 2 aromatic rings. The first-order valence-corrected chi connectivity index (χ1v) is 7.54. The van der Waals surface area contributed by atoms with Crippen LogP contribution in [-0.2, 0) is 0 Å². The maximum absolute atomic E-state index is 6.51. The maximum atomic E-state index is 6.51. The molecule has 2 rings (SSSR count). The molecule has 0 saturated carbocycles. The van der Waals surface area contributed by atoms with E-state index in [9.17, 15) is 0 Å². The van der Waals surface area contributed by atoms with Crippen LogP contribution in [0, 0.1) is 0 Å². The van der Waals surface area contributed by atoms with Crippen LogP contribution >= 0.6 is 39.1 Å². The van der Waals surface area contributed by atoms with E-state index in [1.54, 1.807) is 0 Å². The van der Waals surface area contributed by atoms with Crippen molar-refractivity contribution in [3.8, 4) is 5.75 Å². The average Bonchev–Trinajstić information content (AvgIpc) is 2.42. The van der Waals surface area contributed by atoms with Crippen molar-refractivity contribution >= 4 is 39.1 Å². The van der Waals surface area contributed by atoms with Gasteiger partial charge in [0.2, 0.25) is 0 Å². The van der Waals surface area contributed by atoms with E-state index in [0.717, 1.165) is 21.3 Å². The van der Waals surface area contributed by atoms with E-state index in [-0.39, 0.29) is 5.38 Å². The number of halogens is 3. The molecular formula is C15H13BrCl2O. The highest BCUT2D eigenvalue weighted by Gasteiger charge is 2.14. The van der Waals surface area contributed by atoms with Crippen LogP contribution in [0.3, 0.4) is 0 Å².